The van der Waals surface area contributed by atoms with E-state index in [4.69, 9.17) is 15.2 Å². The van der Waals surface area contributed by atoms with E-state index in [2.05, 4.69) is 6.07 Å². The van der Waals surface area contributed by atoms with Gasteiger partial charge in [0.05, 0.1) is 13.2 Å². The molecule has 0 spiro atoms. The molecule has 0 heterocycles. The van der Waals surface area contributed by atoms with Crippen LogP contribution in [0.15, 0.2) is 48.5 Å². The molecule has 2 aromatic carbocycles. The number of ether oxygens (including phenoxy) is 2. The van der Waals surface area contributed by atoms with Crippen LogP contribution in [0.3, 0.4) is 0 Å². The molecule has 0 fully saturated rings. The van der Waals surface area contributed by atoms with Crippen LogP contribution in [0.1, 0.15) is 18.9 Å². The maximum absolute atomic E-state index is 5.75. The standard InChI is InChI=1S/C17H21NO2/c1-2-19-16-8-10-17(11-9-16)20-12-4-6-14-5-3-7-15(18)13-14/h3,5,7-11,13H,2,4,6,12,18H2,1H3. The van der Waals surface area contributed by atoms with E-state index < -0.39 is 0 Å². The number of nitrogens with two attached hydrogens (primary N) is 1. The summed E-state index contributed by atoms with van der Waals surface area (Å²) in [5, 5.41) is 0. The van der Waals surface area contributed by atoms with Gasteiger partial charge in [0.15, 0.2) is 0 Å². The van der Waals surface area contributed by atoms with E-state index in [1.807, 2.05) is 49.4 Å². The first-order valence-corrected chi connectivity index (χ1v) is 6.98. The molecule has 3 nitrogen and oxygen atoms in total. The SMILES string of the molecule is CCOc1ccc(OCCCc2cccc(N)c2)cc1. The Balaban J connectivity index is 1.73. The van der Waals surface area contributed by atoms with Gasteiger partial charge in [0.25, 0.3) is 0 Å². The molecule has 0 amide bonds. The Morgan fingerprint density at radius 3 is 2.30 bits per heavy atom. The van der Waals surface area contributed by atoms with Crippen LogP contribution in [0.4, 0.5) is 5.69 Å². The van der Waals surface area contributed by atoms with Crippen molar-refractivity contribution in [3.05, 3.63) is 54.1 Å². The van der Waals surface area contributed by atoms with Crippen molar-refractivity contribution in [1.29, 1.82) is 0 Å². The summed E-state index contributed by atoms with van der Waals surface area (Å²) >= 11 is 0. The van der Waals surface area contributed by atoms with Crippen LogP contribution < -0.4 is 15.2 Å². The summed E-state index contributed by atoms with van der Waals surface area (Å²) in [5.74, 6) is 1.75. The molecule has 0 bridgehead atoms. The first kappa shape index (κ1) is 14.3. The summed E-state index contributed by atoms with van der Waals surface area (Å²) in [6, 6.07) is 15.7. The first-order valence-electron chi connectivity index (χ1n) is 6.98. The van der Waals surface area contributed by atoms with E-state index in [0.717, 1.165) is 30.0 Å². The Morgan fingerprint density at radius 2 is 1.65 bits per heavy atom. The highest BCUT2D eigenvalue weighted by Gasteiger charge is 1.97. The van der Waals surface area contributed by atoms with Crippen molar-refractivity contribution in [2.24, 2.45) is 0 Å². The topological polar surface area (TPSA) is 44.5 Å². The Labute approximate surface area is 120 Å². The minimum Gasteiger partial charge on any atom is -0.494 e. The number of nitrogen functional groups attached to an aromatic ring is 1. The Bertz CT molecular complexity index is 523. The Kier molecular flexibility index (Phi) is 5.30. The van der Waals surface area contributed by atoms with Gasteiger partial charge in [0.1, 0.15) is 11.5 Å². The second-order valence-electron chi connectivity index (χ2n) is 4.60. The van der Waals surface area contributed by atoms with E-state index in [1.54, 1.807) is 0 Å². The van der Waals surface area contributed by atoms with Gasteiger partial charge < -0.3 is 15.2 Å². The normalized spacial score (nSPS) is 10.2. The van der Waals surface area contributed by atoms with Crippen LogP contribution in [0.2, 0.25) is 0 Å². The first-order chi connectivity index (χ1) is 9.78. The summed E-state index contributed by atoms with van der Waals surface area (Å²) in [6.45, 7) is 3.35. The van der Waals surface area contributed by atoms with E-state index in [9.17, 15) is 0 Å². The van der Waals surface area contributed by atoms with E-state index in [0.29, 0.717) is 13.2 Å². The molecule has 2 aromatic rings. The zero-order valence-electron chi connectivity index (χ0n) is 11.8. The molecular weight excluding hydrogens is 250 g/mol. The van der Waals surface area contributed by atoms with Gasteiger partial charge in [-0.15, -0.1) is 0 Å². The largest absolute Gasteiger partial charge is 0.494 e. The molecule has 0 aromatic heterocycles. The van der Waals surface area contributed by atoms with Crippen molar-refractivity contribution in [1.82, 2.24) is 0 Å². The minimum absolute atomic E-state index is 0.681. The molecule has 0 saturated carbocycles. The maximum atomic E-state index is 5.75. The minimum atomic E-state index is 0.681. The van der Waals surface area contributed by atoms with Crippen LogP contribution in [0.5, 0.6) is 11.5 Å². The van der Waals surface area contributed by atoms with E-state index in [1.165, 1.54) is 5.56 Å². The molecule has 0 aliphatic carbocycles. The highest BCUT2D eigenvalue weighted by Crippen LogP contribution is 2.18. The van der Waals surface area contributed by atoms with Crippen molar-refractivity contribution in [2.45, 2.75) is 19.8 Å². The summed E-state index contributed by atoms with van der Waals surface area (Å²) in [4.78, 5) is 0. The average molecular weight is 271 g/mol. The van der Waals surface area contributed by atoms with Gasteiger partial charge in [-0.2, -0.15) is 0 Å². The van der Waals surface area contributed by atoms with Gasteiger partial charge in [0.2, 0.25) is 0 Å². The maximum Gasteiger partial charge on any atom is 0.119 e. The second-order valence-corrected chi connectivity index (χ2v) is 4.60. The predicted molar refractivity (Wildman–Crippen MR) is 82.3 cm³/mol. The number of hydrogen-bond donors (Lipinski definition) is 1. The molecule has 0 aliphatic heterocycles. The van der Waals surface area contributed by atoms with Crippen LogP contribution in [-0.2, 0) is 6.42 Å². The summed E-state index contributed by atoms with van der Waals surface area (Å²) < 4.78 is 11.1. The summed E-state index contributed by atoms with van der Waals surface area (Å²) in [6.07, 6.45) is 1.94. The molecule has 0 radical (unpaired) electrons. The van der Waals surface area contributed by atoms with E-state index >= 15 is 0 Å². The average Bonchev–Trinajstić information content (AvgIpc) is 2.46. The van der Waals surface area contributed by atoms with Crippen molar-refractivity contribution in [3.8, 4) is 11.5 Å². The molecule has 106 valence electrons. The monoisotopic (exact) mass is 271 g/mol. The number of aryl methyl sites for hydroxylation is 1. The van der Waals surface area contributed by atoms with Gasteiger partial charge in [-0.3, -0.25) is 0 Å². The zero-order chi connectivity index (χ0) is 14.2. The lowest BCUT2D eigenvalue weighted by Gasteiger charge is -2.08. The number of anilines is 1. The van der Waals surface area contributed by atoms with Crippen molar-refractivity contribution >= 4 is 5.69 Å². The Hall–Kier alpha value is -2.16. The van der Waals surface area contributed by atoms with Gasteiger partial charge in [-0.25, -0.2) is 0 Å². The lowest BCUT2D eigenvalue weighted by molar-refractivity contribution is 0.308. The number of benzene rings is 2. The van der Waals surface area contributed by atoms with Crippen LogP contribution >= 0.6 is 0 Å². The molecule has 2 N–H and O–H groups in total. The van der Waals surface area contributed by atoms with Gasteiger partial charge in [-0.05, 0) is 61.7 Å². The van der Waals surface area contributed by atoms with Gasteiger partial charge in [-0.1, -0.05) is 12.1 Å². The van der Waals surface area contributed by atoms with Crippen molar-refractivity contribution < 1.29 is 9.47 Å². The van der Waals surface area contributed by atoms with Gasteiger partial charge in [0, 0.05) is 5.69 Å². The molecule has 0 aliphatic rings. The summed E-state index contributed by atoms with van der Waals surface area (Å²) in [7, 11) is 0. The highest BCUT2D eigenvalue weighted by molar-refractivity contribution is 5.40. The lowest BCUT2D eigenvalue weighted by Crippen LogP contribution is -2.00. The molecule has 3 heteroatoms. The lowest BCUT2D eigenvalue weighted by atomic mass is 10.1. The van der Waals surface area contributed by atoms with E-state index in [-0.39, 0.29) is 0 Å². The number of rotatable bonds is 7. The van der Waals surface area contributed by atoms with Crippen molar-refractivity contribution in [2.75, 3.05) is 18.9 Å². The molecule has 0 saturated heterocycles. The van der Waals surface area contributed by atoms with Crippen LogP contribution in [0, 0.1) is 0 Å². The fourth-order valence-electron chi connectivity index (χ4n) is 2.01. The van der Waals surface area contributed by atoms with Crippen LogP contribution in [-0.4, -0.2) is 13.2 Å². The van der Waals surface area contributed by atoms with Crippen molar-refractivity contribution in [3.63, 3.8) is 0 Å². The molecule has 0 unspecified atom stereocenters. The predicted octanol–water partition coefficient (Wildman–Crippen LogP) is 3.68. The fraction of sp³-hybridized carbons (Fsp3) is 0.294. The second kappa shape index (κ2) is 7.43. The highest BCUT2D eigenvalue weighted by atomic mass is 16.5. The Morgan fingerprint density at radius 1 is 0.950 bits per heavy atom. The quantitative estimate of drug-likeness (QED) is 0.617. The fourth-order valence-corrected chi connectivity index (χ4v) is 2.01. The molecular formula is C17H21NO2. The summed E-state index contributed by atoms with van der Waals surface area (Å²) in [5.41, 5.74) is 7.81. The van der Waals surface area contributed by atoms with Crippen LogP contribution in [0.25, 0.3) is 0 Å². The molecule has 20 heavy (non-hydrogen) atoms. The third-order valence-electron chi connectivity index (χ3n) is 2.96. The molecule has 2 rings (SSSR count). The third-order valence-corrected chi connectivity index (χ3v) is 2.96. The smallest absolute Gasteiger partial charge is 0.119 e. The number of hydrogen-bond acceptors (Lipinski definition) is 3. The zero-order valence-corrected chi connectivity index (χ0v) is 11.8. The van der Waals surface area contributed by atoms with Gasteiger partial charge >= 0.3 is 0 Å². The third kappa shape index (κ3) is 4.50. The molecule has 0 atom stereocenters.